The van der Waals surface area contributed by atoms with Gasteiger partial charge in [0.25, 0.3) is 0 Å². The van der Waals surface area contributed by atoms with E-state index in [0.717, 1.165) is 31.0 Å². The van der Waals surface area contributed by atoms with Gasteiger partial charge in [0.15, 0.2) is 0 Å². The molecule has 2 aromatic rings. The molecule has 80 valence electrons. The molecule has 0 unspecified atom stereocenters. The SMILES string of the molecule is c1ccc(CN2Cc3cncnc3C2)nc1. The summed E-state index contributed by atoms with van der Waals surface area (Å²) in [5.41, 5.74) is 3.48. The fourth-order valence-electron chi connectivity index (χ4n) is 2.00. The van der Waals surface area contributed by atoms with E-state index in [1.54, 1.807) is 6.33 Å². The average molecular weight is 212 g/mol. The van der Waals surface area contributed by atoms with Crippen molar-refractivity contribution in [2.45, 2.75) is 19.6 Å². The molecule has 1 aliphatic heterocycles. The molecule has 0 atom stereocenters. The van der Waals surface area contributed by atoms with Crippen molar-refractivity contribution < 1.29 is 0 Å². The zero-order valence-corrected chi connectivity index (χ0v) is 8.87. The van der Waals surface area contributed by atoms with Crippen LogP contribution in [0.4, 0.5) is 0 Å². The normalized spacial score (nSPS) is 15.0. The molecule has 0 aromatic carbocycles. The third kappa shape index (κ3) is 1.79. The van der Waals surface area contributed by atoms with Gasteiger partial charge in [-0.05, 0) is 12.1 Å². The summed E-state index contributed by atoms with van der Waals surface area (Å²) in [7, 11) is 0. The fraction of sp³-hybridized carbons (Fsp3) is 0.250. The Bertz CT molecular complexity index is 458. The Kier molecular flexibility index (Phi) is 2.34. The van der Waals surface area contributed by atoms with Gasteiger partial charge in [0.2, 0.25) is 0 Å². The summed E-state index contributed by atoms with van der Waals surface area (Å²) >= 11 is 0. The van der Waals surface area contributed by atoms with E-state index in [1.165, 1.54) is 5.56 Å². The van der Waals surface area contributed by atoms with Crippen LogP contribution in [0.25, 0.3) is 0 Å². The molecule has 0 radical (unpaired) electrons. The van der Waals surface area contributed by atoms with E-state index >= 15 is 0 Å². The molecular formula is C12H12N4. The van der Waals surface area contributed by atoms with Crippen LogP contribution in [-0.2, 0) is 19.6 Å². The fourth-order valence-corrected chi connectivity index (χ4v) is 2.00. The molecule has 1 aliphatic rings. The first-order valence-electron chi connectivity index (χ1n) is 5.32. The van der Waals surface area contributed by atoms with Crippen molar-refractivity contribution in [3.8, 4) is 0 Å². The molecule has 0 bridgehead atoms. The topological polar surface area (TPSA) is 41.9 Å². The van der Waals surface area contributed by atoms with Crippen LogP contribution in [0.2, 0.25) is 0 Å². The molecule has 4 heteroatoms. The summed E-state index contributed by atoms with van der Waals surface area (Å²) in [5.74, 6) is 0. The van der Waals surface area contributed by atoms with Gasteiger partial charge in [-0.15, -0.1) is 0 Å². The van der Waals surface area contributed by atoms with Gasteiger partial charge in [-0.2, -0.15) is 0 Å². The number of pyridine rings is 1. The highest BCUT2D eigenvalue weighted by Crippen LogP contribution is 2.20. The smallest absolute Gasteiger partial charge is 0.115 e. The van der Waals surface area contributed by atoms with Gasteiger partial charge < -0.3 is 0 Å². The summed E-state index contributed by atoms with van der Waals surface area (Å²) in [6, 6.07) is 6.01. The lowest BCUT2D eigenvalue weighted by molar-refractivity contribution is 0.270. The molecule has 0 saturated heterocycles. The van der Waals surface area contributed by atoms with Crippen molar-refractivity contribution in [1.29, 1.82) is 0 Å². The van der Waals surface area contributed by atoms with Crippen molar-refractivity contribution in [1.82, 2.24) is 19.9 Å². The standard InChI is InChI=1S/C12H12N4/c1-2-4-14-11(3-1)7-16-6-10-5-13-9-15-12(10)8-16/h1-5,9H,6-8H2. The Labute approximate surface area is 94.0 Å². The van der Waals surface area contributed by atoms with Crippen LogP contribution < -0.4 is 0 Å². The van der Waals surface area contributed by atoms with E-state index in [1.807, 2.05) is 24.5 Å². The Balaban J connectivity index is 1.73. The minimum atomic E-state index is 0.872. The van der Waals surface area contributed by atoms with Crippen molar-refractivity contribution in [3.63, 3.8) is 0 Å². The van der Waals surface area contributed by atoms with E-state index in [-0.39, 0.29) is 0 Å². The Morgan fingerprint density at radius 2 is 2.19 bits per heavy atom. The molecule has 4 nitrogen and oxygen atoms in total. The van der Waals surface area contributed by atoms with Crippen LogP contribution in [-0.4, -0.2) is 19.9 Å². The highest BCUT2D eigenvalue weighted by atomic mass is 15.2. The monoisotopic (exact) mass is 212 g/mol. The minimum Gasteiger partial charge on any atom is -0.287 e. The second-order valence-corrected chi connectivity index (χ2v) is 3.96. The first-order chi connectivity index (χ1) is 7.92. The van der Waals surface area contributed by atoms with E-state index in [0.29, 0.717) is 0 Å². The second kappa shape index (κ2) is 3.98. The van der Waals surface area contributed by atoms with Gasteiger partial charge in [-0.25, -0.2) is 9.97 Å². The largest absolute Gasteiger partial charge is 0.287 e. The van der Waals surface area contributed by atoms with E-state index in [2.05, 4.69) is 25.9 Å². The van der Waals surface area contributed by atoms with Crippen molar-refractivity contribution >= 4 is 0 Å². The van der Waals surface area contributed by atoms with Gasteiger partial charge in [0, 0.05) is 37.6 Å². The van der Waals surface area contributed by atoms with Gasteiger partial charge in [0.1, 0.15) is 6.33 Å². The molecule has 2 aromatic heterocycles. The molecule has 0 fully saturated rings. The maximum Gasteiger partial charge on any atom is 0.115 e. The minimum absolute atomic E-state index is 0.872. The molecule has 16 heavy (non-hydrogen) atoms. The first-order valence-corrected chi connectivity index (χ1v) is 5.32. The third-order valence-corrected chi connectivity index (χ3v) is 2.76. The van der Waals surface area contributed by atoms with Crippen molar-refractivity contribution in [3.05, 3.63) is 53.9 Å². The number of fused-ring (bicyclic) bond motifs is 1. The molecule has 0 spiro atoms. The van der Waals surface area contributed by atoms with E-state index < -0.39 is 0 Å². The Hall–Kier alpha value is -1.81. The van der Waals surface area contributed by atoms with Crippen LogP contribution in [0.3, 0.4) is 0 Å². The summed E-state index contributed by atoms with van der Waals surface area (Å²) in [5, 5.41) is 0. The average Bonchev–Trinajstić information content (AvgIpc) is 2.72. The zero-order chi connectivity index (χ0) is 10.8. The van der Waals surface area contributed by atoms with E-state index in [4.69, 9.17) is 0 Å². The predicted octanol–water partition coefficient (Wildman–Crippen LogP) is 1.39. The van der Waals surface area contributed by atoms with Crippen LogP contribution in [0.5, 0.6) is 0 Å². The van der Waals surface area contributed by atoms with Gasteiger partial charge in [-0.3, -0.25) is 9.88 Å². The van der Waals surface area contributed by atoms with Gasteiger partial charge >= 0.3 is 0 Å². The van der Waals surface area contributed by atoms with Crippen molar-refractivity contribution in [2.24, 2.45) is 0 Å². The maximum atomic E-state index is 4.33. The van der Waals surface area contributed by atoms with Gasteiger partial charge in [-0.1, -0.05) is 6.07 Å². The quantitative estimate of drug-likeness (QED) is 0.754. The first kappa shape index (κ1) is 9.42. The molecule has 0 saturated carbocycles. The third-order valence-electron chi connectivity index (χ3n) is 2.76. The maximum absolute atomic E-state index is 4.33. The lowest BCUT2D eigenvalue weighted by atomic mass is 10.3. The lowest BCUT2D eigenvalue weighted by Crippen LogP contribution is -2.16. The number of hydrogen-bond acceptors (Lipinski definition) is 4. The van der Waals surface area contributed by atoms with Crippen molar-refractivity contribution in [2.75, 3.05) is 0 Å². The summed E-state index contributed by atoms with van der Waals surface area (Å²) < 4.78 is 0. The predicted molar refractivity (Wildman–Crippen MR) is 59.2 cm³/mol. The number of rotatable bonds is 2. The van der Waals surface area contributed by atoms with Crippen LogP contribution >= 0.6 is 0 Å². The highest BCUT2D eigenvalue weighted by Gasteiger charge is 2.19. The summed E-state index contributed by atoms with van der Waals surface area (Å²) in [6.45, 7) is 2.69. The zero-order valence-electron chi connectivity index (χ0n) is 8.87. The van der Waals surface area contributed by atoms with Crippen LogP contribution in [0.15, 0.2) is 36.9 Å². The summed E-state index contributed by atoms with van der Waals surface area (Å²) in [4.78, 5) is 15.0. The highest BCUT2D eigenvalue weighted by molar-refractivity contribution is 5.20. The van der Waals surface area contributed by atoms with E-state index in [9.17, 15) is 0 Å². The Morgan fingerprint density at radius 3 is 3.00 bits per heavy atom. The number of nitrogens with zero attached hydrogens (tertiary/aromatic N) is 4. The molecule has 3 heterocycles. The summed E-state index contributed by atoms with van der Waals surface area (Å²) in [6.07, 6.45) is 5.35. The Morgan fingerprint density at radius 1 is 1.19 bits per heavy atom. The molecular weight excluding hydrogens is 200 g/mol. The van der Waals surface area contributed by atoms with Crippen LogP contribution in [0, 0.1) is 0 Å². The van der Waals surface area contributed by atoms with Crippen LogP contribution in [0.1, 0.15) is 17.0 Å². The molecule has 0 aliphatic carbocycles. The number of hydrogen-bond donors (Lipinski definition) is 0. The molecule has 0 N–H and O–H groups in total. The number of aromatic nitrogens is 3. The van der Waals surface area contributed by atoms with Gasteiger partial charge in [0.05, 0.1) is 11.4 Å². The second-order valence-electron chi connectivity index (χ2n) is 3.96. The lowest BCUT2D eigenvalue weighted by Gasteiger charge is -2.13. The molecule has 0 amide bonds. The molecule has 3 rings (SSSR count).